The van der Waals surface area contributed by atoms with Crippen LogP contribution in [0.3, 0.4) is 0 Å². The Morgan fingerprint density at radius 3 is 2.54 bits per heavy atom. The number of phenolic OH excluding ortho intramolecular Hbond substituents is 1. The average molecular weight is 194 g/mol. The molecule has 70 valence electrons. The van der Waals surface area contributed by atoms with Crippen molar-refractivity contribution in [2.75, 3.05) is 5.75 Å². The van der Waals surface area contributed by atoms with Gasteiger partial charge < -0.3 is 5.11 Å². The normalized spacial score (nSPS) is 9.92. The molecule has 13 heavy (non-hydrogen) atoms. The molecule has 1 N–H and O–H groups in total. The van der Waals surface area contributed by atoms with Gasteiger partial charge in [0.2, 0.25) is 0 Å². The number of phenols is 1. The summed E-state index contributed by atoms with van der Waals surface area (Å²) in [4.78, 5) is 1.17. The van der Waals surface area contributed by atoms with Gasteiger partial charge in [0, 0.05) is 10.6 Å². The van der Waals surface area contributed by atoms with Crippen LogP contribution in [0.5, 0.6) is 5.75 Å². The lowest BCUT2D eigenvalue weighted by molar-refractivity contribution is 0.475. The first-order valence-electron chi connectivity index (χ1n) is 4.31. The van der Waals surface area contributed by atoms with Crippen LogP contribution < -0.4 is 0 Å². The van der Waals surface area contributed by atoms with Gasteiger partial charge in [-0.2, -0.15) is 0 Å². The minimum atomic E-state index is 0.318. The van der Waals surface area contributed by atoms with E-state index < -0.39 is 0 Å². The molecule has 1 nitrogen and oxygen atoms in total. The molecule has 0 amide bonds. The Hall–Kier alpha value is -0.890. The Morgan fingerprint density at radius 2 is 2.00 bits per heavy atom. The van der Waals surface area contributed by atoms with Crippen molar-refractivity contribution in [3.8, 4) is 5.75 Å². The lowest BCUT2D eigenvalue weighted by Crippen LogP contribution is -1.82. The summed E-state index contributed by atoms with van der Waals surface area (Å²) in [5.41, 5.74) is 1.25. The van der Waals surface area contributed by atoms with Gasteiger partial charge in [0.05, 0.1) is 0 Å². The van der Waals surface area contributed by atoms with Crippen molar-refractivity contribution in [2.45, 2.75) is 18.2 Å². The topological polar surface area (TPSA) is 20.2 Å². The molecule has 0 heterocycles. The molecule has 0 saturated carbocycles. The molecule has 0 saturated heterocycles. The van der Waals surface area contributed by atoms with E-state index in [-0.39, 0.29) is 0 Å². The van der Waals surface area contributed by atoms with E-state index >= 15 is 0 Å². The highest BCUT2D eigenvalue weighted by atomic mass is 32.2. The van der Waals surface area contributed by atoms with Crippen LogP contribution >= 0.6 is 11.8 Å². The summed E-state index contributed by atoms with van der Waals surface area (Å²) in [5.74, 6) is 1.28. The van der Waals surface area contributed by atoms with Crippen molar-refractivity contribution in [1.29, 1.82) is 0 Å². The second-order valence-corrected chi connectivity index (χ2v) is 3.93. The van der Waals surface area contributed by atoms with Crippen molar-refractivity contribution in [3.63, 3.8) is 0 Å². The van der Waals surface area contributed by atoms with Crippen molar-refractivity contribution < 1.29 is 5.11 Å². The number of hydrogen-bond donors (Lipinski definition) is 1. The molecule has 0 atom stereocenters. The van der Waals surface area contributed by atoms with Crippen molar-refractivity contribution in [1.82, 2.24) is 0 Å². The maximum atomic E-state index is 9.05. The largest absolute Gasteiger partial charge is 0.508 e. The van der Waals surface area contributed by atoms with Crippen LogP contribution in [0.2, 0.25) is 0 Å². The summed E-state index contributed by atoms with van der Waals surface area (Å²) in [7, 11) is 0. The first-order valence-corrected chi connectivity index (χ1v) is 5.29. The lowest BCUT2D eigenvalue weighted by Gasteiger charge is -2.02. The molecule has 0 aromatic heterocycles. The van der Waals surface area contributed by atoms with Crippen LogP contribution in [0.15, 0.2) is 41.3 Å². The fraction of sp³-hybridized carbons (Fsp3) is 0.273. The smallest absolute Gasteiger partial charge is 0.115 e. The highest BCUT2D eigenvalue weighted by molar-refractivity contribution is 7.99. The second kappa shape index (κ2) is 4.97. The van der Waals surface area contributed by atoms with Crippen LogP contribution in [0, 0.1) is 0 Å². The Bertz CT molecular complexity index is 277. The molecule has 0 radical (unpaired) electrons. The molecule has 0 bridgehead atoms. The number of benzene rings is 1. The van der Waals surface area contributed by atoms with E-state index in [1.165, 1.54) is 10.5 Å². The number of aromatic hydroxyl groups is 1. The van der Waals surface area contributed by atoms with Gasteiger partial charge in [-0.3, -0.25) is 0 Å². The van der Waals surface area contributed by atoms with Crippen LogP contribution in [0.1, 0.15) is 13.3 Å². The van der Waals surface area contributed by atoms with Crippen molar-refractivity contribution in [2.24, 2.45) is 0 Å². The standard InChI is InChI=1S/C11H14OS/c1-3-9(2)8-13-11-6-4-10(12)5-7-11/h4-7,12H,2-3,8H2,1H3. The SMILES string of the molecule is C=C(CC)CSc1ccc(O)cc1. The predicted molar refractivity (Wildman–Crippen MR) is 58.3 cm³/mol. The predicted octanol–water partition coefficient (Wildman–Crippen LogP) is 3.45. The monoisotopic (exact) mass is 194 g/mol. The van der Waals surface area contributed by atoms with Gasteiger partial charge in [0.15, 0.2) is 0 Å². The summed E-state index contributed by atoms with van der Waals surface area (Å²) < 4.78 is 0. The quantitative estimate of drug-likeness (QED) is 0.585. The van der Waals surface area contributed by atoms with Gasteiger partial charge in [-0.1, -0.05) is 19.1 Å². The molecule has 1 aromatic carbocycles. The maximum Gasteiger partial charge on any atom is 0.115 e. The van der Waals surface area contributed by atoms with Crippen molar-refractivity contribution >= 4 is 11.8 Å². The van der Waals surface area contributed by atoms with E-state index in [9.17, 15) is 0 Å². The third-order valence-electron chi connectivity index (χ3n) is 1.78. The van der Waals surface area contributed by atoms with E-state index in [1.54, 1.807) is 23.9 Å². The third-order valence-corrected chi connectivity index (χ3v) is 2.94. The summed E-state index contributed by atoms with van der Waals surface area (Å²) in [6.07, 6.45) is 1.03. The van der Waals surface area contributed by atoms with E-state index in [4.69, 9.17) is 5.11 Å². The summed E-state index contributed by atoms with van der Waals surface area (Å²) in [6.45, 7) is 6.05. The molecule has 0 fully saturated rings. The molecule has 1 rings (SSSR count). The molecule has 2 heteroatoms. The lowest BCUT2D eigenvalue weighted by atomic mass is 10.3. The molecular formula is C11H14OS. The summed E-state index contributed by atoms with van der Waals surface area (Å²) >= 11 is 1.75. The Kier molecular flexibility index (Phi) is 3.90. The van der Waals surface area contributed by atoms with Gasteiger partial charge in [0.1, 0.15) is 5.75 Å². The van der Waals surface area contributed by atoms with Gasteiger partial charge in [-0.05, 0) is 30.7 Å². The molecular weight excluding hydrogens is 180 g/mol. The van der Waals surface area contributed by atoms with Crippen LogP contribution in [-0.4, -0.2) is 10.9 Å². The van der Waals surface area contributed by atoms with E-state index in [2.05, 4.69) is 13.5 Å². The fourth-order valence-corrected chi connectivity index (χ4v) is 1.73. The zero-order valence-electron chi connectivity index (χ0n) is 7.79. The van der Waals surface area contributed by atoms with Gasteiger partial charge in [-0.25, -0.2) is 0 Å². The van der Waals surface area contributed by atoms with Crippen LogP contribution in [0.25, 0.3) is 0 Å². The first kappa shape index (κ1) is 10.2. The molecule has 1 aromatic rings. The number of thioether (sulfide) groups is 1. The van der Waals surface area contributed by atoms with E-state index in [0.717, 1.165) is 12.2 Å². The fourth-order valence-electron chi connectivity index (χ4n) is 0.830. The second-order valence-electron chi connectivity index (χ2n) is 2.89. The minimum absolute atomic E-state index is 0.318. The van der Waals surface area contributed by atoms with Crippen LogP contribution in [0.4, 0.5) is 0 Å². The number of hydrogen-bond acceptors (Lipinski definition) is 2. The van der Waals surface area contributed by atoms with Gasteiger partial charge in [0.25, 0.3) is 0 Å². The summed E-state index contributed by atoms with van der Waals surface area (Å²) in [5, 5.41) is 9.05. The summed E-state index contributed by atoms with van der Waals surface area (Å²) in [6, 6.07) is 7.25. The van der Waals surface area contributed by atoms with E-state index in [1.807, 2.05) is 12.1 Å². The van der Waals surface area contributed by atoms with Gasteiger partial charge in [-0.15, -0.1) is 11.8 Å². The average Bonchev–Trinajstić information content (AvgIpc) is 2.16. The molecule has 0 spiro atoms. The number of rotatable bonds is 4. The zero-order chi connectivity index (χ0) is 9.68. The van der Waals surface area contributed by atoms with Gasteiger partial charge >= 0.3 is 0 Å². The van der Waals surface area contributed by atoms with E-state index in [0.29, 0.717) is 5.75 Å². The molecule has 0 aliphatic heterocycles. The first-order chi connectivity index (χ1) is 6.22. The minimum Gasteiger partial charge on any atom is -0.508 e. The highest BCUT2D eigenvalue weighted by Crippen LogP contribution is 2.22. The molecule has 0 aliphatic rings. The molecule has 0 aliphatic carbocycles. The Labute approximate surface area is 83.5 Å². The maximum absolute atomic E-state index is 9.05. The van der Waals surface area contributed by atoms with Crippen LogP contribution in [-0.2, 0) is 0 Å². The molecule has 0 unspecified atom stereocenters. The third kappa shape index (κ3) is 3.55. The Balaban J connectivity index is 2.46. The zero-order valence-corrected chi connectivity index (χ0v) is 8.60. The van der Waals surface area contributed by atoms with Crippen molar-refractivity contribution in [3.05, 3.63) is 36.4 Å². The Morgan fingerprint density at radius 1 is 1.38 bits per heavy atom. The highest BCUT2D eigenvalue weighted by Gasteiger charge is 1.95.